The van der Waals surface area contributed by atoms with Crippen LogP contribution in [0.2, 0.25) is 0 Å². The smallest absolute Gasteiger partial charge is 0.227 e. The number of rotatable bonds is 5. The second-order valence-electron chi connectivity index (χ2n) is 5.59. The SMILES string of the molecule is O=C(Cc1ccccc1)N1CC(COc2ccc(F)cc2)C1. The van der Waals surface area contributed by atoms with Crippen LogP contribution in [-0.4, -0.2) is 30.5 Å². The second kappa shape index (κ2) is 6.60. The number of carbonyl (C=O) groups is 1. The Hall–Kier alpha value is -2.36. The molecule has 0 atom stereocenters. The van der Waals surface area contributed by atoms with Gasteiger partial charge in [0.25, 0.3) is 0 Å². The van der Waals surface area contributed by atoms with Crippen molar-refractivity contribution in [3.05, 3.63) is 66.0 Å². The standard InChI is InChI=1S/C18H18FNO2/c19-16-6-8-17(9-7-16)22-13-15-11-20(12-15)18(21)10-14-4-2-1-3-5-14/h1-9,15H,10-13H2. The van der Waals surface area contributed by atoms with E-state index in [1.54, 1.807) is 12.1 Å². The lowest BCUT2D eigenvalue weighted by Gasteiger charge is -2.39. The van der Waals surface area contributed by atoms with Crippen molar-refractivity contribution >= 4 is 5.91 Å². The fourth-order valence-electron chi connectivity index (χ4n) is 2.51. The summed E-state index contributed by atoms with van der Waals surface area (Å²) < 4.78 is 18.4. The zero-order valence-electron chi connectivity index (χ0n) is 12.2. The first-order valence-electron chi connectivity index (χ1n) is 7.41. The second-order valence-corrected chi connectivity index (χ2v) is 5.59. The lowest BCUT2D eigenvalue weighted by molar-refractivity contribution is -0.137. The molecule has 0 N–H and O–H groups in total. The van der Waals surface area contributed by atoms with Crippen LogP contribution in [0.15, 0.2) is 54.6 Å². The predicted molar refractivity (Wildman–Crippen MR) is 82.1 cm³/mol. The van der Waals surface area contributed by atoms with Crippen molar-refractivity contribution in [1.82, 2.24) is 4.90 Å². The Labute approximate surface area is 129 Å². The highest BCUT2D eigenvalue weighted by atomic mass is 19.1. The van der Waals surface area contributed by atoms with Gasteiger partial charge in [0.15, 0.2) is 0 Å². The molecule has 2 aromatic carbocycles. The fourth-order valence-corrected chi connectivity index (χ4v) is 2.51. The molecular formula is C18H18FNO2. The van der Waals surface area contributed by atoms with Crippen molar-refractivity contribution in [3.8, 4) is 5.75 Å². The zero-order valence-corrected chi connectivity index (χ0v) is 12.2. The molecule has 0 unspecified atom stereocenters. The molecule has 0 spiro atoms. The van der Waals surface area contributed by atoms with E-state index in [0.717, 1.165) is 18.7 Å². The molecule has 1 fully saturated rings. The molecule has 114 valence electrons. The van der Waals surface area contributed by atoms with Gasteiger partial charge in [0, 0.05) is 19.0 Å². The highest BCUT2D eigenvalue weighted by molar-refractivity contribution is 5.79. The van der Waals surface area contributed by atoms with Gasteiger partial charge >= 0.3 is 0 Å². The van der Waals surface area contributed by atoms with Gasteiger partial charge in [-0.25, -0.2) is 4.39 Å². The minimum Gasteiger partial charge on any atom is -0.493 e. The summed E-state index contributed by atoms with van der Waals surface area (Å²) in [6.45, 7) is 2.01. The van der Waals surface area contributed by atoms with E-state index in [0.29, 0.717) is 24.7 Å². The van der Waals surface area contributed by atoms with Crippen molar-refractivity contribution in [3.63, 3.8) is 0 Å². The number of likely N-dealkylation sites (tertiary alicyclic amines) is 1. The molecule has 1 amide bonds. The summed E-state index contributed by atoms with van der Waals surface area (Å²) in [4.78, 5) is 13.9. The highest BCUT2D eigenvalue weighted by Crippen LogP contribution is 2.19. The van der Waals surface area contributed by atoms with Crippen LogP contribution in [-0.2, 0) is 11.2 Å². The zero-order chi connectivity index (χ0) is 15.4. The molecule has 1 saturated heterocycles. The van der Waals surface area contributed by atoms with E-state index in [1.807, 2.05) is 35.2 Å². The van der Waals surface area contributed by atoms with Gasteiger partial charge in [-0.3, -0.25) is 4.79 Å². The molecule has 0 radical (unpaired) electrons. The van der Waals surface area contributed by atoms with Gasteiger partial charge in [-0.1, -0.05) is 30.3 Å². The summed E-state index contributed by atoms with van der Waals surface area (Å²) >= 11 is 0. The topological polar surface area (TPSA) is 29.5 Å². The fraction of sp³-hybridized carbons (Fsp3) is 0.278. The van der Waals surface area contributed by atoms with Crippen molar-refractivity contribution in [2.24, 2.45) is 5.92 Å². The first kappa shape index (κ1) is 14.6. The van der Waals surface area contributed by atoms with Crippen LogP contribution < -0.4 is 4.74 Å². The third kappa shape index (κ3) is 3.64. The number of ether oxygens (including phenoxy) is 1. The molecule has 1 heterocycles. The van der Waals surface area contributed by atoms with Crippen molar-refractivity contribution < 1.29 is 13.9 Å². The first-order chi connectivity index (χ1) is 10.7. The minimum atomic E-state index is -0.270. The molecule has 2 aromatic rings. The molecule has 1 aliphatic rings. The summed E-state index contributed by atoms with van der Waals surface area (Å²) in [6, 6.07) is 15.8. The number of benzene rings is 2. The van der Waals surface area contributed by atoms with E-state index in [4.69, 9.17) is 4.74 Å². The molecule has 3 nitrogen and oxygen atoms in total. The van der Waals surface area contributed by atoms with Crippen molar-refractivity contribution in [2.45, 2.75) is 6.42 Å². The van der Waals surface area contributed by atoms with Crippen LogP contribution in [0.3, 0.4) is 0 Å². The summed E-state index contributed by atoms with van der Waals surface area (Å²) in [5.74, 6) is 0.901. The van der Waals surface area contributed by atoms with Crippen LogP contribution in [0.25, 0.3) is 0 Å². The van der Waals surface area contributed by atoms with Crippen molar-refractivity contribution in [2.75, 3.05) is 19.7 Å². The largest absolute Gasteiger partial charge is 0.493 e. The van der Waals surface area contributed by atoms with Gasteiger partial charge in [-0.15, -0.1) is 0 Å². The van der Waals surface area contributed by atoms with Gasteiger partial charge in [-0.2, -0.15) is 0 Å². The van der Waals surface area contributed by atoms with Gasteiger partial charge in [-0.05, 0) is 29.8 Å². The number of amides is 1. The highest BCUT2D eigenvalue weighted by Gasteiger charge is 2.30. The molecule has 1 aliphatic heterocycles. The number of nitrogens with zero attached hydrogens (tertiary/aromatic N) is 1. The van der Waals surface area contributed by atoms with E-state index in [1.165, 1.54) is 12.1 Å². The maximum atomic E-state index is 12.8. The molecule has 3 rings (SSSR count). The van der Waals surface area contributed by atoms with Gasteiger partial charge in [0.2, 0.25) is 5.91 Å². The van der Waals surface area contributed by atoms with E-state index >= 15 is 0 Å². The monoisotopic (exact) mass is 299 g/mol. The number of hydrogen-bond acceptors (Lipinski definition) is 2. The van der Waals surface area contributed by atoms with E-state index in [-0.39, 0.29) is 11.7 Å². The van der Waals surface area contributed by atoms with Crippen LogP contribution >= 0.6 is 0 Å². The third-order valence-corrected chi connectivity index (χ3v) is 3.81. The maximum Gasteiger partial charge on any atom is 0.227 e. The van der Waals surface area contributed by atoms with Crippen LogP contribution in [0, 0.1) is 11.7 Å². The number of carbonyl (C=O) groups excluding carboxylic acids is 1. The van der Waals surface area contributed by atoms with Crippen molar-refractivity contribution in [1.29, 1.82) is 0 Å². The molecular weight excluding hydrogens is 281 g/mol. The number of hydrogen-bond donors (Lipinski definition) is 0. The molecule has 0 bridgehead atoms. The average molecular weight is 299 g/mol. The van der Waals surface area contributed by atoms with E-state index in [9.17, 15) is 9.18 Å². The van der Waals surface area contributed by atoms with Gasteiger partial charge in [0.1, 0.15) is 11.6 Å². The number of halogens is 1. The molecule has 0 aliphatic carbocycles. The molecule has 0 aromatic heterocycles. The Kier molecular flexibility index (Phi) is 4.37. The van der Waals surface area contributed by atoms with Gasteiger partial charge < -0.3 is 9.64 Å². The maximum absolute atomic E-state index is 12.8. The average Bonchev–Trinajstić information content (AvgIpc) is 2.48. The summed E-state index contributed by atoms with van der Waals surface area (Å²) in [5.41, 5.74) is 1.04. The Balaban J connectivity index is 1.40. The Morgan fingerprint density at radius 2 is 1.77 bits per heavy atom. The van der Waals surface area contributed by atoms with E-state index in [2.05, 4.69) is 0 Å². The molecule has 22 heavy (non-hydrogen) atoms. The lowest BCUT2D eigenvalue weighted by Crippen LogP contribution is -2.52. The van der Waals surface area contributed by atoms with E-state index < -0.39 is 0 Å². The summed E-state index contributed by atoms with van der Waals surface area (Å²) in [6.07, 6.45) is 0.451. The quantitative estimate of drug-likeness (QED) is 0.849. The van der Waals surface area contributed by atoms with Gasteiger partial charge in [0.05, 0.1) is 13.0 Å². The summed E-state index contributed by atoms with van der Waals surface area (Å²) in [7, 11) is 0. The normalized spacial score (nSPS) is 14.5. The summed E-state index contributed by atoms with van der Waals surface area (Å²) in [5, 5.41) is 0. The predicted octanol–water partition coefficient (Wildman–Crippen LogP) is 2.91. The van der Waals surface area contributed by atoms with Crippen LogP contribution in [0.4, 0.5) is 4.39 Å². The Morgan fingerprint density at radius 3 is 2.45 bits per heavy atom. The van der Waals surface area contributed by atoms with Crippen LogP contribution in [0.1, 0.15) is 5.56 Å². The Morgan fingerprint density at radius 1 is 1.09 bits per heavy atom. The lowest BCUT2D eigenvalue weighted by atomic mass is 10.00. The molecule has 4 heteroatoms. The minimum absolute atomic E-state index is 0.157. The molecule has 0 saturated carbocycles. The Bertz CT molecular complexity index is 621. The van der Waals surface area contributed by atoms with Crippen LogP contribution in [0.5, 0.6) is 5.75 Å². The first-order valence-corrected chi connectivity index (χ1v) is 7.41. The third-order valence-electron chi connectivity index (χ3n) is 3.81.